The van der Waals surface area contributed by atoms with Gasteiger partial charge in [-0.25, -0.2) is 8.42 Å². The first kappa shape index (κ1) is 24.3. The van der Waals surface area contributed by atoms with E-state index in [1.54, 1.807) is 18.2 Å². The maximum absolute atomic E-state index is 13.7. The summed E-state index contributed by atoms with van der Waals surface area (Å²) < 4.78 is 28.5. The fourth-order valence-corrected chi connectivity index (χ4v) is 7.32. The Balaban J connectivity index is 1.77. The third-order valence-corrected chi connectivity index (χ3v) is 9.44. The highest BCUT2D eigenvalue weighted by molar-refractivity contribution is 7.89. The molecule has 1 unspecified atom stereocenters. The van der Waals surface area contributed by atoms with Crippen molar-refractivity contribution in [2.75, 3.05) is 6.54 Å². The molecule has 0 radical (unpaired) electrons. The molecule has 0 aromatic heterocycles. The third kappa shape index (κ3) is 4.47. The average Bonchev–Trinajstić information content (AvgIpc) is 2.72. The van der Waals surface area contributed by atoms with Gasteiger partial charge in [-0.1, -0.05) is 53.6 Å². The van der Waals surface area contributed by atoms with Crippen LogP contribution in [-0.4, -0.2) is 40.8 Å². The molecule has 0 heterocycles. The Hall–Kier alpha value is -1.83. The molecule has 33 heavy (non-hydrogen) atoms. The Morgan fingerprint density at radius 3 is 2.33 bits per heavy atom. The Bertz CT molecular complexity index is 1240. The second-order valence-corrected chi connectivity index (χ2v) is 11.8. The van der Waals surface area contributed by atoms with Gasteiger partial charge in [-0.05, 0) is 73.2 Å². The highest BCUT2D eigenvalue weighted by atomic mass is 35.5. The van der Waals surface area contributed by atoms with E-state index in [1.807, 2.05) is 24.3 Å². The number of halogens is 3. The summed E-state index contributed by atoms with van der Waals surface area (Å²) >= 11 is 19.3. The predicted octanol–water partition coefficient (Wildman–Crippen LogP) is 6.01. The van der Waals surface area contributed by atoms with Gasteiger partial charge in [0.25, 0.3) is 0 Å². The van der Waals surface area contributed by atoms with E-state index in [9.17, 15) is 18.3 Å². The minimum Gasteiger partial charge on any atom is -0.480 e. The highest BCUT2D eigenvalue weighted by Gasteiger charge is 2.60. The number of carboxylic acids is 1. The van der Waals surface area contributed by atoms with Crippen LogP contribution in [-0.2, 0) is 14.8 Å². The molecule has 174 valence electrons. The van der Waals surface area contributed by atoms with Gasteiger partial charge in [0.05, 0.1) is 15.3 Å². The standard InChI is InChI=1S/C24H22Cl3NO4S/c25-19-7-9-21(10-8-19)33(31,32)28(16-22(29)30)24(12-3-13-24)23(27)11-2-5-18(15-23)17-4-1-6-20(26)14-17/h1-2,4-11,14H,3,12-13,15-16H2,(H,29,30). The van der Waals surface area contributed by atoms with Gasteiger partial charge in [0.1, 0.15) is 6.54 Å². The Kier molecular flexibility index (Phi) is 6.69. The van der Waals surface area contributed by atoms with Crippen molar-refractivity contribution in [3.05, 3.63) is 82.4 Å². The quantitative estimate of drug-likeness (QED) is 0.448. The molecule has 0 aliphatic heterocycles. The zero-order chi connectivity index (χ0) is 23.9. The number of alkyl halides is 1. The molecule has 4 rings (SSSR count). The molecule has 0 bridgehead atoms. The minimum absolute atomic E-state index is 0.0231. The molecule has 9 heteroatoms. The summed E-state index contributed by atoms with van der Waals surface area (Å²) in [5.74, 6) is -1.25. The van der Waals surface area contributed by atoms with E-state index >= 15 is 0 Å². The van der Waals surface area contributed by atoms with Gasteiger partial charge in [-0.15, -0.1) is 11.6 Å². The minimum atomic E-state index is -4.17. The summed E-state index contributed by atoms with van der Waals surface area (Å²) in [5.41, 5.74) is 0.692. The Morgan fingerprint density at radius 2 is 1.76 bits per heavy atom. The maximum atomic E-state index is 13.7. The molecular weight excluding hydrogens is 505 g/mol. The van der Waals surface area contributed by atoms with E-state index in [0.717, 1.165) is 21.9 Å². The molecule has 0 spiro atoms. The van der Waals surface area contributed by atoms with Crippen molar-refractivity contribution < 1.29 is 18.3 Å². The van der Waals surface area contributed by atoms with Crippen LogP contribution >= 0.6 is 34.8 Å². The van der Waals surface area contributed by atoms with Crippen LogP contribution in [0.25, 0.3) is 5.57 Å². The first-order valence-corrected chi connectivity index (χ1v) is 13.0. The van der Waals surface area contributed by atoms with Crippen LogP contribution in [0.3, 0.4) is 0 Å². The van der Waals surface area contributed by atoms with Crippen LogP contribution in [0.1, 0.15) is 31.2 Å². The lowest BCUT2D eigenvalue weighted by Crippen LogP contribution is -2.67. The summed E-state index contributed by atoms with van der Waals surface area (Å²) in [5, 5.41) is 10.6. The van der Waals surface area contributed by atoms with Gasteiger partial charge in [0.15, 0.2) is 0 Å². The van der Waals surface area contributed by atoms with Crippen LogP contribution in [0.15, 0.2) is 71.7 Å². The monoisotopic (exact) mass is 525 g/mol. The van der Waals surface area contributed by atoms with Crippen molar-refractivity contribution in [2.45, 2.75) is 41.0 Å². The second kappa shape index (κ2) is 9.08. The maximum Gasteiger partial charge on any atom is 0.318 e. The number of aliphatic carboxylic acids is 1. The van der Waals surface area contributed by atoms with Gasteiger partial charge in [0, 0.05) is 10.0 Å². The summed E-state index contributed by atoms with van der Waals surface area (Å²) in [6.07, 6.45) is 7.48. The summed E-state index contributed by atoms with van der Waals surface area (Å²) in [6.45, 7) is -0.691. The van der Waals surface area contributed by atoms with E-state index in [4.69, 9.17) is 34.8 Å². The number of rotatable bonds is 7. The number of allylic oxidation sites excluding steroid dienone is 3. The number of hydrogen-bond acceptors (Lipinski definition) is 3. The highest BCUT2D eigenvalue weighted by Crippen LogP contribution is 2.55. The fourth-order valence-electron chi connectivity index (χ4n) is 4.62. The molecule has 0 amide bonds. The van der Waals surface area contributed by atoms with Crippen LogP contribution in [0.5, 0.6) is 0 Å². The molecular formula is C24H22Cl3NO4S. The van der Waals surface area contributed by atoms with Crippen molar-refractivity contribution in [3.63, 3.8) is 0 Å². The molecule has 2 aromatic carbocycles. The average molecular weight is 527 g/mol. The second-order valence-electron chi connectivity index (χ2n) is 8.35. The van der Waals surface area contributed by atoms with Gasteiger partial charge in [-0.3, -0.25) is 4.79 Å². The first-order chi connectivity index (χ1) is 15.6. The normalized spacial score (nSPS) is 22.0. The fraction of sp³-hybridized carbons (Fsp3) is 0.292. The smallest absolute Gasteiger partial charge is 0.318 e. The van der Waals surface area contributed by atoms with Gasteiger partial charge >= 0.3 is 5.97 Å². The summed E-state index contributed by atoms with van der Waals surface area (Å²) in [4.78, 5) is 10.7. The zero-order valence-corrected chi connectivity index (χ0v) is 20.6. The van der Waals surface area contributed by atoms with E-state index < -0.39 is 33.0 Å². The van der Waals surface area contributed by atoms with Crippen LogP contribution < -0.4 is 0 Å². The predicted molar refractivity (Wildman–Crippen MR) is 131 cm³/mol. The van der Waals surface area contributed by atoms with Gasteiger partial charge < -0.3 is 5.11 Å². The molecule has 1 N–H and O–H groups in total. The van der Waals surface area contributed by atoms with E-state index in [2.05, 4.69) is 0 Å². The van der Waals surface area contributed by atoms with E-state index in [-0.39, 0.29) is 4.90 Å². The molecule has 2 aliphatic rings. The number of nitrogens with zero attached hydrogens (tertiary/aromatic N) is 1. The Labute approximate surface area is 208 Å². The van der Waals surface area contributed by atoms with E-state index in [1.165, 1.54) is 24.3 Å². The number of carbonyl (C=O) groups is 1. The Morgan fingerprint density at radius 1 is 1.06 bits per heavy atom. The van der Waals surface area contributed by atoms with Crippen molar-refractivity contribution in [2.24, 2.45) is 0 Å². The number of hydrogen-bond donors (Lipinski definition) is 1. The zero-order valence-electron chi connectivity index (χ0n) is 17.5. The molecule has 5 nitrogen and oxygen atoms in total. The number of benzene rings is 2. The molecule has 1 saturated carbocycles. The molecule has 2 aromatic rings. The summed E-state index contributed by atoms with van der Waals surface area (Å²) in [7, 11) is -4.17. The van der Waals surface area contributed by atoms with Crippen LogP contribution in [0.2, 0.25) is 10.0 Å². The SMILES string of the molecule is O=C(O)CN(C1(C2(Cl)C=CC=C(c3cccc(Cl)c3)C2)CCC1)S(=O)(=O)c1ccc(Cl)cc1. The first-order valence-electron chi connectivity index (χ1n) is 10.4. The molecule has 2 aliphatic carbocycles. The lowest BCUT2D eigenvalue weighted by Gasteiger charge is -2.57. The topological polar surface area (TPSA) is 74.7 Å². The van der Waals surface area contributed by atoms with Gasteiger partial charge in [-0.2, -0.15) is 4.31 Å². The van der Waals surface area contributed by atoms with Gasteiger partial charge in [0.2, 0.25) is 10.0 Å². The van der Waals surface area contributed by atoms with Crippen molar-refractivity contribution in [3.8, 4) is 0 Å². The molecule has 1 fully saturated rings. The van der Waals surface area contributed by atoms with Crippen molar-refractivity contribution in [1.29, 1.82) is 0 Å². The lowest BCUT2D eigenvalue weighted by atomic mass is 9.64. The molecule has 0 saturated heterocycles. The largest absolute Gasteiger partial charge is 0.480 e. The van der Waals surface area contributed by atoms with Crippen LogP contribution in [0.4, 0.5) is 0 Å². The van der Waals surface area contributed by atoms with E-state index in [0.29, 0.717) is 29.3 Å². The number of carboxylic acid groups (broad SMARTS) is 1. The third-order valence-electron chi connectivity index (χ3n) is 6.41. The van der Waals surface area contributed by atoms with Crippen molar-refractivity contribution in [1.82, 2.24) is 4.31 Å². The molecule has 1 atom stereocenters. The lowest BCUT2D eigenvalue weighted by molar-refractivity contribution is -0.139. The number of sulfonamides is 1. The van der Waals surface area contributed by atoms with Crippen LogP contribution in [0, 0.1) is 0 Å². The summed E-state index contributed by atoms with van der Waals surface area (Å²) in [6, 6.07) is 13.1. The van der Waals surface area contributed by atoms with Crippen molar-refractivity contribution >= 4 is 56.4 Å².